The van der Waals surface area contributed by atoms with Crippen LogP contribution in [0.5, 0.6) is 0 Å². The zero-order valence-corrected chi connectivity index (χ0v) is 11.6. The number of aryl methyl sites for hydroxylation is 2. The summed E-state index contributed by atoms with van der Waals surface area (Å²) in [5.41, 5.74) is 1.38. The van der Waals surface area contributed by atoms with Crippen LogP contribution in [0.15, 0.2) is 9.85 Å². The van der Waals surface area contributed by atoms with Gasteiger partial charge in [0.15, 0.2) is 0 Å². The van der Waals surface area contributed by atoms with Gasteiger partial charge in [-0.1, -0.05) is 0 Å². The summed E-state index contributed by atoms with van der Waals surface area (Å²) in [5, 5.41) is 3.55. The van der Waals surface area contributed by atoms with Crippen molar-refractivity contribution < 1.29 is 0 Å². The first-order valence-corrected chi connectivity index (χ1v) is 7.35. The van der Waals surface area contributed by atoms with Crippen molar-refractivity contribution in [2.24, 2.45) is 0 Å². The van der Waals surface area contributed by atoms with Crippen molar-refractivity contribution in [1.82, 2.24) is 5.32 Å². The highest BCUT2D eigenvalue weighted by atomic mass is 79.9. The molecular formula is C12H18BrNS. The third kappa shape index (κ3) is 3.89. The molecule has 1 aromatic rings. The van der Waals surface area contributed by atoms with Crippen LogP contribution in [0.1, 0.15) is 36.1 Å². The van der Waals surface area contributed by atoms with Crippen molar-refractivity contribution in [2.45, 2.75) is 45.1 Å². The molecule has 1 aromatic heterocycles. The van der Waals surface area contributed by atoms with Crippen LogP contribution in [-0.4, -0.2) is 12.6 Å². The van der Waals surface area contributed by atoms with Gasteiger partial charge in [-0.15, -0.1) is 11.3 Å². The first-order valence-electron chi connectivity index (χ1n) is 5.74. The van der Waals surface area contributed by atoms with E-state index in [1.54, 1.807) is 0 Å². The molecule has 0 unspecified atom stereocenters. The zero-order chi connectivity index (χ0) is 10.7. The molecule has 84 valence electrons. The largest absolute Gasteiger partial charge is 0.314 e. The zero-order valence-electron chi connectivity index (χ0n) is 9.18. The first-order chi connectivity index (χ1) is 7.25. The molecule has 0 radical (unpaired) electrons. The maximum Gasteiger partial charge on any atom is 0.0730 e. The molecule has 15 heavy (non-hydrogen) atoms. The SMILES string of the molecule is Cc1cc(CCCCNC2CC2)sc1Br. The second-order valence-corrected chi connectivity index (χ2v) is 6.81. The van der Waals surface area contributed by atoms with E-state index in [1.807, 2.05) is 11.3 Å². The highest BCUT2D eigenvalue weighted by Crippen LogP contribution is 2.28. The molecule has 0 amide bonds. The summed E-state index contributed by atoms with van der Waals surface area (Å²) in [6.07, 6.45) is 6.66. The number of thiophene rings is 1. The molecule has 1 N–H and O–H groups in total. The standard InChI is InChI=1S/C12H18BrNS/c1-9-8-11(15-12(9)13)4-2-3-7-14-10-5-6-10/h8,10,14H,2-7H2,1H3. The Bertz CT molecular complexity index is 298. The highest BCUT2D eigenvalue weighted by Gasteiger charge is 2.19. The van der Waals surface area contributed by atoms with Crippen molar-refractivity contribution >= 4 is 27.3 Å². The maximum atomic E-state index is 3.57. The predicted octanol–water partition coefficient (Wildman–Crippen LogP) is 3.89. The Hall–Kier alpha value is 0.140. The molecule has 1 aliphatic carbocycles. The van der Waals surface area contributed by atoms with Crippen LogP contribution in [0, 0.1) is 6.92 Å². The van der Waals surface area contributed by atoms with Gasteiger partial charge in [0.2, 0.25) is 0 Å². The molecule has 1 aliphatic rings. The third-order valence-corrected chi connectivity index (χ3v) is 4.96. The topological polar surface area (TPSA) is 12.0 Å². The van der Waals surface area contributed by atoms with Crippen molar-refractivity contribution in [1.29, 1.82) is 0 Å². The fourth-order valence-corrected chi connectivity index (χ4v) is 3.33. The molecule has 0 saturated heterocycles. The second kappa shape index (κ2) is 5.46. The van der Waals surface area contributed by atoms with E-state index in [9.17, 15) is 0 Å². The minimum Gasteiger partial charge on any atom is -0.314 e. The third-order valence-electron chi connectivity index (χ3n) is 2.77. The molecule has 1 fully saturated rings. The van der Waals surface area contributed by atoms with E-state index in [2.05, 4.69) is 34.2 Å². The first kappa shape index (κ1) is 11.6. The lowest BCUT2D eigenvalue weighted by atomic mass is 10.2. The average molecular weight is 288 g/mol. The Balaban J connectivity index is 1.60. The van der Waals surface area contributed by atoms with Gasteiger partial charge in [-0.05, 0) is 73.1 Å². The van der Waals surface area contributed by atoms with Crippen LogP contribution in [0.3, 0.4) is 0 Å². The smallest absolute Gasteiger partial charge is 0.0730 e. The van der Waals surface area contributed by atoms with Gasteiger partial charge in [0.1, 0.15) is 0 Å². The van der Waals surface area contributed by atoms with Gasteiger partial charge in [-0.2, -0.15) is 0 Å². The molecule has 0 bridgehead atoms. The summed E-state index contributed by atoms with van der Waals surface area (Å²) < 4.78 is 1.30. The summed E-state index contributed by atoms with van der Waals surface area (Å²) >= 11 is 5.46. The van der Waals surface area contributed by atoms with E-state index in [0.29, 0.717) is 0 Å². The lowest BCUT2D eigenvalue weighted by molar-refractivity contribution is 0.621. The minimum atomic E-state index is 0.864. The summed E-state index contributed by atoms with van der Waals surface area (Å²) in [7, 11) is 0. The van der Waals surface area contributed by atoms with Crippen molar-refractivity contribution in [3.8, 4) is 0 Å². The Labute approximate surface area is 104 Å². The van der Waals surface area contributed by atoms with Gasteiger partial charge in [-0.25, -0.2) is 0 Å². The van der Waals surface area contributed by atoms with E-state index < -0.39 is 0 Å². The number of hydrogen-bond donors (Lipinski definition) is 1. The molecule has 3 heteroatoms. The Morgan fingerprint density at radius 3 is 2.87 bits per heavy atom. The van der Waals surface area contributed by atoms with Crippen LogP contribution in [0.4, 0.5) is 0 Å². The van der Waals surface area contributed by atoms with Crippen LogP contribution >= 0.6 is 27.3 Å². The summed E-state index contributed by atoms with van der Waals surface area (Å²) in [4.78, 5) is 1.52. The van der Waals surface area contributed by atoms with Crippen molar-refractivity contribution in [2.75, 3.05) is 6.54 Å². The van der Waals surface area contributed by atoms with Gasteiger partial charge in [0.05, 0.1) is 3.79 Å². The Kier molecular flexibility index (Phi) is 4.23. The predicted molar refractivity (Wildman–Crippen MR) is 70.7 cm³/mol. The normalized spacial score (nSPS) is 15.9. The number of hydrogen-bond acceptors (Lipinski definition) is 2. The molecular weight excluding hydrogens is 270 g/mol. The minimum absolute atomic E-state index is 0.864. The summed E-state index contributed by atoms with van der Waals surface area (Å²) in [6.45, 7) is 3.37. The lowest BCUT2D eigenvalue weighted by Gasteiger charge is -2.01. The lowest BCUT2D eigenvalue weighted by Crippen LogP contribution is -2.17. The van der Waals surface area contributed by atoms with Crippen LogP contribution < -0.4 is 5.32 Å². The average Bonchev–Trinajstić information content (AvgIpc) is 2.95. The molecule has 1 heterocycles. The van der Waals surface area contributed by atoms with Crippen LogP contribution in [-0.2, 0) is 6.42 Å². The molecule has 1 nitrogen and oxygen atoms in total. The van der Waals surface area contributed by atoms with E-state index >= 15 is 0 Å². The molecule has 0 atom stereocenters. The molecule has 1 saturated carbocycles. The van der Waals surface area contributed by atoms with Crippen molar-refractivity contribution in [3.05, 3.63) is 20.3 Å². The Morgan fingerprint density at radius 1 is 1.47 bits per heavy atom. The number of unbranched alkanes of at least 4 members (excludes halogenated alkanes) is 1. The van der Waals surface area contributed by atoms with Gasteiger partial charge in [-0.3, -0.25) is 0 Å². The molecule has 0 aromatic carbocycles. The van der Waals surface area contributed by atoms with E-state index in [1.165, 1.54) is 52.9 Å². The van der Waals surface area contributed by atoms with E-state index in [-0.39, 0.29) is 0 Å². The monoisotopic (exact) mass is 287 g/mol. The van der Waals surface area contributed by atoms with Gasteiger partial charge in [0, 0.05) is 10.9 Å². The van der Waals surface area contributed by atoms with Gasteiger partial charge in [0.25, 0.3) is 0 Å². The Morgan fingerprint density at radius 2 is 2.27 bits per heavy atom. The van der Waals surface area contributed by atoms with Crippen molar-refractivity contribution in [3.63, 3.8) is 0 Å². The molecule has 0 spiro atoms. The van der Waals surface area contributed by atoms with Crippen LogP contribution in [0.2, 0.25) is 0 Å². The quantitative estimate of drug-likeness (QED) is 0.783. The summed E-state index contributed by atoms with van der Waals surface area (Å²) in [6, 6.07) is 3.17. The number of halogens is 1. The summed E-state index contributed by atoms with van der Waals surface area (Å²) in [5.74, 6) is 0. The second-order valence-electron chi connectivity index (χ2n) is 4.35. The van der Waals surface area contributed by atoms with E-state index in [0.717, 1.165) is 6.04 Å². The fraction of sp³-hybridized carbons (Fsp3) is 0.667. The molecule has 0 aliphatic heterocycles. The van der Waals surface area contributed by atoms with Gasteiger partial charge >= 0.3 is 0 Å². The van der Waals surface area contributed by atoms with Gasteiger partial charge < -0.3 is 5.32 Å². The maximum absolute atomic E-state index is 3.57. The van der Waals surface area contributed by atoms with E-state index in [4.69, 9.17) is 0 Å². The van der Waals surface area contributed by atoms with Crippen LogP contribution in [0.25, 0.3) is 0 Å². The number of rotatable bonds is 6. The molecule has 2 rings (SSSR count). The fourth-order valence-electron chi connectivity index (χ4n) is 1.66. The highest BCUT2D eigenvalue weighted by molar-refractivity contribution is 9.11. The number of nitrogens with one attached hydrogen (secondary N) is 1.